The first-order chi connectivity index (χ1) is 9.86. The van der Waals surface area contributed by atoms with E-state index in [1.54, 1.807) is 13.8 Å². The Morgan fingerprint density at radius 2 is 1.62 bits per heavy atom. The molecule has 0 spiro atoms. The van der Waals surface area contributed by atoms with Crippen LogP contribution in [0.4, 0.5) is 0 Å². The predicted molar refractivity (Wildman–Crippen MR) is 84.0 cm³/mol. The lowest BCUT2D eigenvalue weighted by Gasteiger charge is -2.18. The van der Waals surface area contributed by atoms with Crippen molar-refractivity contribution in [2.45, 2.75) is 32.9 Å². The van der Waals surface area contributed by atoms with Crippen molar-refractivity contribution in [3.63, 3.8) is 0 Å². The van der Waals surface area contributed by atoms with Gasteiger partial charge < -0.3 is 10.4 Å². The van der Waals surface area contributed by atoms with Crippen molar-refractivity contribution in [2.24, 2.45) is 0 Å². The van der Waals surface area contributed by atoms with Crippen LogP contribution in [0.25, 0.3) is 0 Å². The third-order valence-corrected chi connectivity index (χ3v) is 3.43. The SMILES string of the molecule is Cc1ccc(C(=O)NCc2ccc(C(C)(C)O)cc2)cc1. The van der Waals surface area contributed by atoms with E-state index in [9.17, 15) is 9.90 Å². The fourth-order valence-electron chi connectivity index (χ4n) is 2.02. The lowest BCUT2D eigenvalue weighted by atomic mass is 9.97. The van der Waals surface area contributed by atoms with Crippen molar-refractivity contribution in [1.29, 1.82) is 0 Å². The van der Waals surface area contributed by atoms with Crippen molar-refractivity contribution in [3.8, 4) is 0 Å². The molecule has 0 saturated carbocycles. The quantitative estimate of drug-likeness (QED) is 0.905. The van der Waals surface area contributed by atoms with Crippen molar-refractivity contribution in [2.75, 3.05) is 0 Å². The molecule has 2 N–H and O–H groups in total. The molecule has 3 heteroatoms. The molecule has 0 unspecified atom stereocenters. The second-order valence-corrected chi connectivity index (χ2v) is 5.80. The summed E-state index contributed by atoms with van der Waals surface area (Å²) < 4.78 is 0. The van der Waals surface area contributed by atoms with Crippen LogP contribution in [0.5, 0.6) is 0 Å². The standard InChI is InChI=1S/C18H21NO2/c1-13-4-8-15(9-5-13)17(20)19-12-14-6-10-16(11-7-14)18(2,3)21/h4-11,21H,12H2,1-3H3,(H,19,20). The summed E-state index contributed by atoms with van der Waals surface area (Å²) in [7, 11) is 0. The van der Waals surface area contributed by atoms with Gasteiger partial charge in [0, 0.05) is 12.1 Å². The number of hydrogen-bond donors (Lipinski definition) is 2. The minimum atomic E-state index is -0.844. The Labute approximate surface area is 125 Å². The summed E-state index contributed by atoms with van der Waals surface area (Å²) >= 11 is 0. The number of hydrogen-bond acceptors (Lipinski definition) is 2. The molecule has 3 nitrogen and oxygen atoms in total. The van der Waals surface area contributed by atoms with Gasteiger partial charge in [0.1, 0.15) is 0 Å². The summed E-state index contributed by atoms with van der Waals surface area (Å²) in [5.74, 6) is -0.0819. The van der Waals surface area contributed by atoms with Gasteiger partial charge in [0.2, 0.25) is 0 Å². The molecular formula is C18H21NO2. The molecule has 110 valence electrons. The van der Waals surface area contributed by atoms with Gasteiger partial charge in [-0.3, -0.25) is 4.79 Å². The van der Waals surface area contributed by atoms with E-state index in [2.05, 4.69) is 5.32 Å². The second-order valence-electron chi connectivity index (χ2n) is 5.80. The number of carbonyl (C=O) groups excluding carboxylic acids is 1. The summed E-state index contributed by atoms with van der Waals surface area (Å²) in [6.45, 7) is 5.97. The van der Waals surface area contributed by atoms with Gasteiger partial charge in [-0.2, -0.15) is 0 Å². The lowest BCUT2D eigenvalue weighted by molar-refractivity contribution is 0.0785. The van der Waals surface area contributed by atoms with E-state index < -0.39 is 5.60 Å². The summed E-state index contributed by atoms with van der Waals surface area (Å²) in [6.07, 6.45) is 0. The number of nitrogens with one attached hydrogen (secondary N) is 1. The molecule has 0 aliphatic carbocycles. The summed E-state index contributed by atoms with van der Waals surface area (Å²) in [4.78, 5) is 12.0. The van der Waals surface area contributed by atoms with E-state index in [0.717, 1.165) is 16.7 Å². The second kappa shape index (κ2) is 6.10. The van der Waals surface area contributed by atoms with Gasteiger partial charge in [-0.05, 0) is 44.0 Å². The van der Waals surface area contributed by atoms with E-state index in [1.165, 1.54) is 0 Å². The third-order valence-electron chi connectivity index (χ3n) is 3.43. The van der Waals surface area contributed by atoms with Gasteiger partial charge in [-0.25, -0.2) is 0 Å². The predicted octanol–water partition coefficient (Wildman–Crippen LogP) is 3.15. The lowest BCUT2D eigenvalue weighted by Crippen LogP contribution is -2.23. The highest BCUT2D eigenvalue weighted by Crippen LogP contribution is 2.19. The van der Waals surface area contributed by atoms with Gasteiger partial charge in [0.05, 0.1) is 5.60 Å². The Kier molecular flexibility index (Phi) is 4.43. The molecule has 2 aromatic rings. The van der Waals surface area contributed by atoms with Gasteiger partial charge in [0.15, 0.2) is 0 Å². The maximum Gasteiger partial charge on any atom is 0.251 e. The molecule has 0 saturated heterocycles. The van der Waals surface area contributed by atoms with Crippen LogP contribution < -0.4 is 5.32 Å². The van der Waals surface area contributed by atoms with Crippen LogP contribution >= 0.6 is 0 Å². The largest absolute Gasteiger partial charge is 0.386 e. The molecule has 2 aromatic carbocycles. The van der Waals surface area contributed by atoms with E-state index >= 15 is 0 Å². The van der Waals surface area contributed by atoms with Crippen LogP contribution in [-0.4, -0.2) is 11.0 Å². The van der Waals surface area contributed by atoms with E-state index in [1.807, 2.05) is 55.5 Å². The first-order valence-electron chi connectivity index (χ1n) is 7.03. The summed E-state index contributed by atoms with van der Waals surface area (Å²) in [5, 5.41) is 12.8. The molecule has 0 aliphatic heterocycles. The fourth-order valence-corrected chi connectivity index (χ4v) is 2.02. The Morgan fingerprint density at radius 3 is 2.14 bits per heavy atom. The number of rotatable bonds is 4. The number of benzene rings is 2. The fraction of sp³-hybridized carbons (Fsp3) is 0.278. The molecule has 0 fully saturated rings. The van der Waals surface area contributed by atoms with Crippen molar-refractivity contribution in [1.82, 2.24) is 5.32 Å². The summed E-state index contributed by atoms with van der Waals surface area (Å²) in [5.41, 5.74) is 2.81. The molecule has 21 heavy (non-hydrogen) atoms. The van der Waals surface area contributed by atoms with Gasteiger partial charge in [-0.1, -0.05) is 42.0 Å². The molecule has 0 atom stereocenters. The monoisotopic (exact) mass is 283 g/mol. The molecular weight excluding hydrogens is 262 g/mol. The van der Waals surface area contributed by atoms with Crippen molar-refractivity contribution in [3.05, 3.63) is 70.8 Å². The molecule has 0 radical (unpaired) electrons. The van der Waals surface area contributed by atoms with Crippen molar-refractivity contribution >= 4 is 5.91 Å². The first kappa shape index (κ1) is 15.3. The molecule has 0 aliphatic rings. The third kappa shape index (κ3) is 4.17. The topological polar surface area (TPSA) is 49.3 Å². The Morgan fingerprint density at radius 1 is 1.05 bits per heavy atom. The molecule has 2 rings (SSSR count). The van der Waals surface area contributed by atoms with Gasteiger partial charge in [-0.15, -0.1) is 0 Å². The van der Waals surface area contributed by atoms with Crippen LogP contribution in [0.15, 0.2) is 48.5 Å². The molecule has 1 amide bonds. The van der Waals surface area contributed by atoms with Crippen LogP contribution in [0.2, 0.25) is 0 Å². The average molecular weight is 283 g/mol. The number of aliphatic hydroxyl groups is 1. The Hall–Kier alpha value is -2.13. The van der Waals surface area contributed by atoms with Crippen LogP contribution in [0, 0.1) is 6.92 Å². The highest BCUT2D eigenvalue weighted by molar-refractivity contribution is 5.94. The maximum absolute atomic E-state index is 12.0. The zero-order valence-corrected chi connectivity index (χ0v) is 12.7. The molecule has 0 aromatic heterocycles. The molecule has 0 heterocycles. The van der Waals surface area contributed by atoms with Gasteiger partial charge in [0.25, 0.3) is 5.91 Å². The van der Waals surface area contributed by atoms with Gasteiger partial charge >= 0.3 is 0 Å². The van der Waals surface area contributed by atoms with E-state index in [-0.39, 0.29) is 5.91 Å². The van der Waals surface area contributed by atoms with Crippen LogP contribution in [0.3, 0.4) is 0 Å². The zero-order chi connectivity index (χ0) is 15.5. The average Bonchev–Trinajstić information content (AvgIpc) is 2.45. The minimum absolute atomic E-state index is 0.0819. The maximum atomic E-state index is 12.0. The summed E-state index contributed by atoms with van der Waals surface area (Å²) in [6, 6.07) is 15.1. The highest BCUT2D eigenvalue weighted by atomic mass is 16.3. The smallest absolute Gasteiger partial charge is 0.251 e. The minimum Gasteiger partial charge on any atom is -0.386 e. The Balaban J connectivity index is 1.97. The highest BCUT2D eigenvalue weighted by Gasteiger charge is 2.15. The molecule has 0 bridgehead atoms. The first-order valence-corrected chi connectivity index (χ1v) is 7.03. The van der Waals surface area contributed by atoms with Crippen LogP contribution in [-0.2, 0) is 12.1 Å². The number of carbonyl (C=O) groups is 1. The zero-order valence-electron chi connectivity index (χ0n) is 12.7. The van der Waals surface area contributed by atoms with E-state index in [4.69, 9.17) is 0 Å². The normalized spacial score (nSPS) is 11.2. The number of amides is 1. The van der Waals surface area contributed by atoms with E-state index in [0.29, 0.717) is 12.1 Å². The van der Waals surface area contributed by atoms with Crippen LogP contribution in [0.1, 0.15) is 40.9 Å². The number of aryl methyl sites for hydroxylation is 1. The Bertz CT molecular complexity index is 607. The van der Waals surface area contributed by atoms with Crippen molar-refractivity contribution < 1.29 is 9.90 Å².